The Balaban J connectivity index is 2.80. The number of hydrogen-bond acceptors (Lipinski definition) is 11. The molecule has 5 N–H and O–H groups in total. The van der Waals surface area contributed by atoms with E-state index in [1.165, 1.54) is 6.92 Å². The number of methoxy groups -OCH3 is 1. The summed E-state index contributed by atoms with van der Waals surface area (Å²) in [5.74, 6) is -7.78. The Morgan fingerprint density at radius 2 is 1.69 bits per heavy atom. The second kappa shape index (κ2) is 15.3. The molecule has 14 heteroatoms. The maximum absolute atomic E-state index is 13.6. The smallest absolute Gasteiger partial charge is 0.336 e. The Bertz CT molecular complexity index is 1280. The summed E-state index contributed by atoms with van der Waals surface area (Å²) in [4.78, 5) is 68.1. The zero-order valence-electron chi connectivity index (χ0n) is 23.6. The van der Waals surface area contributed by atoms with Gasteiger partial charge in [0.05, 0.1) is 55.0 Å². The molecule has 0 aliphatic carbocycles. The van der Waals surface area contributed by atoms with Gasteiger partial charge in [-0.15, -0.1) is 0 Å². The Morgan fingerprint density at radius 1 is 1.02 bits per heavy atom. The number of carbonyl (C=O) groups excluding carboxylic acids is 3. The molecule has 1 aromatic rings. The van der Waals surface area contributed by atoms with Gasteiger partial charge in [0, 0.05) is 5.02 Å². The number of carboxylic acids is 2. The second-order valence-corrected chi connectivity index (χ2v) is 9.87. The number of esters is 2. The number of carboxylic acid groups (broad SMARTS) is 2. The maximum atomic E-state index is 13.6. The molecule has 2 atom stereocenters. The van der Waals surface area contributed by atoms with Gasteiger partial charge in [-0.25, -0.2) is 19.2 Å². The summed E-state index contributed by atoms with van der Waals surface area (Å²) in [6.07, 6.45) is -0.694. The van der Waals surface area contributed by atoms with E-state index in [1.807, 2.05) is 0 Å². The summed E-state index contributed by atoms with van der Waals surface area (Å²) in [6.45, 7) is 3.39. The SMILES string of the molecule is CCOC(=O)C1=C(CCCCCN)N(OC(=O)CC(O)(CC(=O)O)C(=O)O)C(C)=C(C(=O)OC)C1c1ccccc1Cl. The van der Waals surface area contributed by atoms with Gasteiger partial charge in [-0.05, 0) is 51.3 Å². The van der Waals surface area contributed by atoms with Crippen LogP contribution in [0.25, 0.3) is 0 Å². The summed E-state index contributed by atoms with van der Waals surface area (Å²) in [5, 5.41) is 30.0. The highest BCUT2D eigenvalue weighted by molar-refractivity contribution is 6.31. The molecule has 0 aromatic heterocycles. The lowest BCUT2D eigenvalue weighted by Crippen LogP contribution is -2.44. The molecule has 0 spiro atoms. The molecule has 230 valence electrons. The van der Waals surface area contributed by atoms with Crippen LogP contribution in [0.3, 0.4) is 0 Å². The van der Waals surface area contributed by atoms with Crippen LogP contribution in [0.5, 0.6) is 0 Å². The van der Waals surface area contributed by atoms with E-state index in [-0.39, 0.29) is 40.6 Å². The Labute approximate surface area is 247 Å². The summed E-state index contributed by atoms with van der Waals surface area (Å²) < 4.78 is 10.4. The maximum Gasteiger partial charge on any atom is 0.336 e. The molecule has 1 aliphatic heterocycles. The van der Waals surface area contributed by atoms with Crippen LogP contribution in [0, 0.1) is 0 Å². The minimum absolute atomic E-state index is 0.0130. The molecule has 1 aromatic carbocycles. The van der Waals surface area contributed by atoms with Crippen molar-refractivity contribution in [2.24, 2.45) is 5.73 Å². The molecular weight excluding hydrogens is 576 g/mol. The van der Waals surface area contributed by atoms with E-state index in [1.54, 1.807) is 31.2 Å². The van der Waals surface area contributed by atoms with Gasteiger partial charge in [0.2, 0.25) is 0 Å². The average Bonchev–Trinajstić information content (AvgIpc) is 2.91. The van der Waals surface area contributed by atoms with Crippen molar-refractivity contribution in [1.29, 1.82) is 0 Å². The normalized spacial score (nSPS) is 16.5. The molecule has 1 heterocycles. The number of nitrogens with zero attached hydrogens (tertiary/aromatic N) is 1. The number of halogens is 1. The standard InChI is InChI=1S/C28H35ClN2O11/c1-4-41-26(36)24-19(12-6-5-9-13-30)31(42-21(34)15-28(39,27(37)38)14-20(32)33)16(2)22(25(35)40-3)23(24)17-10-7-8-11-18(17)29/h7-8,10-11,23,39H,4-6,9,12-15,30H2,1-3H3,(H,32,33)(H,37,38). The number of aliphatic carboxylic acids is 2. The zero-order valence-corrected chi connectivity index (χ0v) is 24.3. The third-order valence-electron chi connectivity index (χ3n) is 6.53. The first kappa shape index (κ1) is 34.3. The van der Waals surface area contributed by atoms with E-state index in [4.69, 9.17) is 36.8 Å². The van der Waals surface area contributed by atoms with Gasteiger partial charge in [0.1, 0.15) is 0 Å². The van der Waals surface area contributed by atoms with Crippen molar-refractivity contribution in [3.63, 3.8) is 0 Å². The molecule has 0 saturated carbocycles. The van der Waals surface area contributed by atoms with Gasteiger partial charge in [0.15, 0.2) is 5.60 Å². The Kier molecular flexibility index (Phi) is 12.5. The van der Waals surface area contributed by atoms with Crippen molar-refractivity contribution in [3.8, 4) is 0 Å². The number of hydrogen-bond donors (Lipinski definition) is 4. The van der Waals surface area contributed by atoms with Gasteiger partial charge >= 0.3 is 29.8 Å². The first-order valence-corrected chi connectivity index (χ1v) is 13.5. The molecule has 0 fully saturated rings. The van der Waals surface area contributed by atoms with Crippen LogP contribution in [0.2, 0.25) is 5.02 Å². The predicted octanol–water partition coefficient (Wildman–Crippen LogP) is 2.66. The lowest BCUT2D eigenvalue weighted by molar-refractivity contribution is -0.188. The highest BCUT2D eigenvalue weighted by Gasteiger charge is 2.45. The zero-order chi connectivity index (χ0) is 31.6. The fourth-order valence-corrected chi connectivity index (χ4v) is 4.84. The molecule has 2 unspecified atom stereocenters. The van der Waals surface area contributed by atoms with Crippen molar-refractivity contribution in [2.45, 2.75) is 63.9 Å². The van der Waals surface area contributed by atoms with E-state index in [2.05, 4.69) is 0 Å². The highest BCUT2D eigenvalue weighted by atomic mass is 35.5. The Morgan fingerprint density at radius 3 is 2.24 bits per heavy atom. The summed E-state index contributed by atoms with van der Waals surface area (Å²) >= 11 is 6.53. The largest absolute Gasteiger partial charge is 0.481 e. The first-order valence-electron chi connectivity index (χ1n) is 13.1. The van der Waals surface area contributed by atoms with Gasteiger partial charge in [-0.2, -0.15) is 5.06 Å². The van der Waals surface area contributed by atoms with Crippen LogP contribution < -0.4 is 5.73 Å². The van der Waals surface area contributed by atoms with Crippen molar-refractivity contribution in [1.82, 2.24) is 5.06 Å². The number of nitrogens with two attached hydrogens (primary N) is 1. The number of unbranched alkanes of at least 4 members (excludes halogenated alkanes) is 2. The van der Waals surface area contributed by atoms with Crippen LogP contribution in [0.1, 0.15) is 63.9 Å². The van der Waals surface area contributed by atoms with Crippen LogP contribution in [0.4, 0.5) is 0 Å². The molecule has 1 aliphatic rings. The molecule has 0 bridgehead atoms. The fourth-order valence-electron chi connectivity index (χ4n) is 4.59. The van der Waals surface area contributed by atoms with Crippen LogP contribution >= 0.6 is 11.6 Å². The van der Waals surface area contributed by atoms with Gasteiger partial charge < -0.3 is 35.4 Å². The van der Waals surface area contributed by atoms with E-state index in [0.29, 0.717) is 31.4 Å². The summed E-state index contributed by atoms with van der Waals surface area (Å²) in [5.41, 5.74) is 2.94. The fraction of sp³-hybridized carbons (Fsp3) is 0.464. The van der Waals surface area contributed by atoms with Crippen molar-refractivity contribution >= 4 is 41.4 Å². The number of hydroxylamine groups is 2. The molecule has 0 amide bonds. The van der Waals surface area contributed by atoms with Crippen LogP contribution in [-0.2, 0) is 38.3 Å². The van der Waals surface area contributed by atoms with Gasteiger partial charge in [-0.3, -0.25) is 4.79 Å². The average molecular weight is 611 g/mol. The van der Waals surface area contributed by atoms with Gasteiger partial charge in [0.25, 0.3) is 0 Å². The van der Waals surface area contributed by atoms with Crippen LogP contribution in [-0.4, -0.2) is 76.1 Å². The van der Waals surface area contributed by atoms with E-state index < -0.39 is 54.2 Å². The quantitative estimate of drug-likeness (QED) is 0.167. The predicted molar refractivity (Wildman–Crippen MR) is 147 cm³/mol. The molecule has 42 heavy (non-hydrogen) atoms. The number of benzene rings is 1. The van der Waals surface area contributed by atoms with Crippen molar-refractivity contribution in [3.05, 3.63) is 57.4 Å². The van der Waals surface area contributed by atoms with Crippen molar-refractivity contribution < 1.29 is 53.6 Å². The monoisotopic (exact) mass is 610 g/mol. The van der Waals surface area contributed by atoms with E-state index in [9.17, 15) is 34.2 Å². The van der Waals surface area contributed by atoms with E-state index in [0.717, 1.165) is 12.2 Å². The van der Waals surface area contributed by atoms with E-state index >= 15 is 0 Å². The summed E-state index contributed by atoms with van der Waals surface area (Å²) in [7, 11) is 1.12. The second-order valence-electron chi connectivity index (χ2n) is 9.47. The summed E-state index contributed by atoms with van der Waals surface area (Å²) in [6, 6.07) is 6.53. The lowest BCUT2D eigenvalue weighted by Gasteiger charge is -2.37. The molecule has 2 rings (SSSR count). The first-order chi connectivity index (χ1) is 19.8. The number of ether oxygens (including phenoxy) is 2. The number of allylic oxidation sites excluding steroid dienone is 2. The topological polar surface area (TPSA) is 203 Å². The van der Waals surface area contributed by atoms with Crippen molar-refractivity contribution in [2.75, 3.05) is 20.3 Å². The minimum Gasteiger partial charge on any atom is -0.481 e. The molecular formula is C28H35ClN2O11. The number of carbonyl (C=O) groups is 5. The third kappa shape index (κ3) is 8.08. The minimum atomic E-state index is -2.99. The van der Waals surface area contributed by atoms with Gasteiger partial charge in [-0.1, -0.05) is 36.2 Å². The number of aliphatic hydroxyl groups is 1. The lowest BCUT2D eigenvalue weighted by atomic mass is 9.79. The third-order valence-corrected chi connectivity index (χ3v) is 6.88. The molecule has 13 nitrogen and oxygen atoms in total. The molecule has 0 radical (unpaired) electrons. The Hall–Kier alpha value is -3.94. The highest BCUT2D eigenvalue weighted by Crippen LogP contribution is 2.46. The van der Waals surface area contributed by atoms with Crippen LogP contribution in [0.15, 0.2) is 46.8 Å². The number of rotatable bonds is 15. The molecule has 0 saturated heterocycles.